The molecule has 0 saturated heterocycles. The first-order chi connectivity index (χ1) is 10.1. The average Bonchev–Trinajstić information content (AvgIpc) is 2.90. The minimum Gasteiger partial charge on any atom is -0.383 e. The van der Waals surface area contributed by atoms with Crippen molar-refractivity contribution in [3.63, 3.8) is 0 Å². The SMILES string of the molecule is COCCNC(c1ccc(C(F)F)cc1)c1nc(C)cs1. The maximum atomic E-state index is 12.6. The number of hydrogen-bond donors (Lipinski definition) is 1. The quantitative estimate of drug-likeness (QED) is 0.791. The highest BCUT2D eigenvalue weighted by Crippen LogP contribution is 2.27. The largest absolute Gasteiger partial charge is 0.383 e. The molecule has 6 heteroatoms. The summed E-state index contributed by atoms with van der Waals surface area (Å²) in [6.45, 7) is 3.18. The fraction of sp³-hybridized carbons (Fsp3) is 0.400. The summed E-state index contributed by atoms with van der Waals surface area (Å²) < 4.78 is 30.3. The van der Waals surface area contributed by atoms with E-state index in [0.29, 0.717) is 13.2 Å². The first-order valence-electron chi connectivity index (χ1n) is 6.64. The van der Waals surface area contributed by atoms with Gasteiger partial charge in [-0.15, -0.1) is 11.3 Å². The second-order valence-corrected chi connectivity index (χ2v) is 5.56. The van der Waals surface area contributed by atoms with E-state index in [2.05, 4.69) is 10.3 Å². The molecule has 2 aromatic rings. The number of methoxy groups -OCH3 is 1. The smallest absolute Gasteiger partial charge is 0.263 e. The van der Waals surface area contributed by atoms with Gasteiger partial charge in [0.1, 0.15) is 5.01 Å². The highest BCUT2D eigenvalue weighted by molar-refractivity contribution is 7.09. The summed E-state index contributed by atoms with van der Waals surface area (Å²) in [5, 5.41) is 6.26. The van der Waals surface area contributed by atoms with E-state index in [0.717, 1.165) is 16.3 Å². The Kier molecular flexibility index (Phi) is 5.78. The number of aromatic nitrogens is 1. The summed E-state index contributed by atoms with van der Waals surface area (Å²) in [4.78, 5) is 4.49. The molecule has 0 aliphatic rings. The highest BCUT2D eigenvalue weighted by Gasteiger charge is 2.17. The molecule has 0 fully saturated rings. The van der Waals surface area contributed by atoms with Crippen LogP contribution in [0.3, 0.4) is 0 Å². The molecule has 0 bridgehead atoms. The van der Waals surface area contributed by atoms with Gasteiger partial charge in [0.25, 0.3) is 6.43 Å². The Bertz CT molecular complexity index is 557. The van der Waals surface area contributed by atoms with Crippen molar-refractivity contribution in [2.45, 2.75) is 19.4 Å². The van der Waals surface area contributed by atoms with E-state index >= 15 is 0 Å². The Morgan fingerprint density at radius 1 is 1.24 bits per heavy atom. The lowest BCUT2D eigenvalue weighted by Gasteiger charge is -2.17. The first kappa shape index (κ1) is 16.0. The molecule has 1 atom stereocenters. The number of nitrogens with zero attached hydrogens (tertiary/aromatic N) is 1. The van der Waals surface area contributed by atoms with Crippen molar-refractivity contribution in [1.29, 1.82) is 0 Å². The van der Waals surface area contributed by atoms with Gasteiger partial charge in [-0.3, -0.25) is 0 Å². The second kappa shape index (κ2) is 7.59. The lowest BCUT2D eigenvalue weighted by molar-refractivity contribution is 0.151. The minimum atomic E-state index is -2.44. The number of hydrogen-bond acceptors (Lipinski definition) is 4. The van der Waals surface area contributed by atoms with Crippen molar-refractivity contribution in [1.82, 2.24) is 10.3 Å². The molecule has 1 aromatic heterocycles. The number of alkyl halides is 2. The Hall–Kier alpha value is -1.37. The predicted octanol–water partition coefficient (Wildman–Crippen LogP) is 3.71. The van der Waals surface area contributed by atoms with Crippen LogP contribution in [0.25, 0.3) is 0 Å². The van der Waals surface area contributed by atoms with Crippen LogP contribution in [0.15, 0.2) is 29.6 Å². The summed E-state index contributed by atoms with van der Waals surface area (Å²) in [6, 6.07) is 6.27. The Morgan fingerprint density at radius 2 is 1.90 bits per heavy atom. The van der Waals surface area contributed by atoms with Crippen LogP contribution in [-0.4, -0.2) is 25.2 Å². The second-order valence-electron chi connectivity index (χ2n) is 4.67. The van der Waals surface area contributed by atoms with Gasteiger partial charge >= 0.3 is 0 Å². The Labute approximate surface area is 127 Å². The number of nitrogens with one attached hydrogen (secondary N) is 1. The number of rotatable bonds is 7. The van der Waals surface area contributed by atoms with Crippen LogP contribution >= 0.6 is 11.3 Å². The van der Waals surface area contributed by atoms with E-state index in [1.807, 2.05) is 12.3 Å². The molecular formula is C15H18F2N2OS. The van der Waals surface area contributed by atoms with Crippen LogP contribution in [0.5, 0.6) is 0 Å². The van der Waals surface area contributed by atoms with Gasteiger partial charge in [-0.2, -0.15) is 0 Å². The van der Waals surface area contributed by atoms with Crippen LogP contribution in [0.4, 0.5) is 8.78 Å². The maximum Gasteiger partial charge on any atom is 0.263 e. The third kappa shape index (κ3) is 4.30. The van der Waals surface area contributed by atoms with E-state index < -0.39 is 6.43 Å². The number of thiazole rings is 1. The molecule has 1 unspecified atom stereocenters. The van der Waals surface area contributed by atoms with Crippen molar-refractivity contribution in [2.24, 2.45) is 0 Å². The lowest BCUT2D eigenvalue weighted by atomic mass is 10.1. The zero-order valence-corrected chi connectivity index (χ0v) is 12.8. The average molecular weight is 312 g/mol. The molecular weight excluding hydrogens is 294 g/mol. The monoisotopic (exact) mass is 312 g/mol. The molecule has 0 spiro atoms. The third-order valence-corrected chi connectivity index (χ3v) is 4.09. The fourth-order valence-electron chi connectivity index (χ4n) is 1.99. The van der Waals surface area contributed by atoms with Crippen molar-refractivity contribution >= 4 is 11.3 Å². The van der Waals surface area contributed by atoms with Gasteiger partial charge in [-0.25, -0.2) is 13.8 Å². The van der Waals surface area contributed by atoms with Crippen LogP contribution in [-0.2, 0) is 4.74 Å². The zero-order chi connectivity index (χ0) is 15.2. The summed E-state index contributed by atoms with van der Waals surface area (Å²) >= 11 is 1.56. The van der Waals surface area contributed by atoms with Gasteiger partial charge in [0.15, 0.2) is 0 Å². The summed E-state index contributed by atoms with van der Waals surface area (Å²) in [5.74, 6) is 0. The van der Waals surface area contributed by atoms with Crippen molar-refractivity contribution in [3.05, 3.63) is 51.5 Å². The van der Waals surface area contributed by atoms with Gasteiger partial charge in [0, 0.05) is 30.3 Å². The normalized spacial score (nSPS) is 12.8. The van der Waals surface area contributed by atoms with E-state index in [9.17, 15) is 8.78 Å². The van der Waals surface area contributed by atoms with E-state index in [1.54, 1.807) is 30.6 Å². The van der Waals surface area contributed by atoms with Gasteiger partial charge < -0.3 is 10.1 Å². The standard InChI is InChI=1S/C15H18F2N2OS/c1-10-9-21-15(19-10)13(18-7-8-20-2)11-3-5-12(6-4-11)14(16)17/h3-6,9,13-14,18H,7-8H2,1-2H3. The van der Waals surface area contributed by atoms with Crippen molar-refractivity contribution < 1.29 is 13.5 Å². The van der Waals surface area contributed by atoms with Crippen molar-refractivity contribution in [3.8, 4) is 0 Å². The molecule has 21 heavy (non-hydrogen) atoms. The number of benzene rings is 1. The predicted molar refractivity (Wildman–Crippen MR) is 80.0 cm³/mol. The minimum absolute atomic E-state index is 0.0321. The molecule has 0 radical (unpaired) electrons. The van der Waals surface area contributed by atoms with Crippen LogP contribution < -0.4 is 5.32 Å². The van der Waals surface area contributed by atoms with Gasteiger partial charge in [-0.1, -0.05) is 24.3 Å². The maximum absolute atomic E-state index is 12.6. The molecule has 0 saturated carbocycles. The van der Waals surface area contributed by atoms with Crippen LogP contribution in [0.1, 0.15) is 34.3 Å². The fourth-order valence-corrected chi connectivity index (χ4v) is 2.89. The molecule has 114 valence electrons. The van der Waals surface area contributed by atoms with Crippen LogP contribution in [0, 0.1) is 6.92 Å². The third-order valence-electron chi connectivity index (χ3n) is 3.06. The zero-order valence-electron chi connectivity index (χ0n) is 12.0. The summed E-state index contributed by atoms with van der Waals surface area (Å²) in [6.07, 6.45) is -2.44. The number of halogens is 2. The molecule has 1 heterocycles. The molecule has 0 aliphatic heterocycles. The van der Waals surface area contributed by atoms with Gasteiger partial charge in [0.05, 0.1) is 12.6 Å². The van der Waals surface area contributed by atoms with Gasteiger partial charge in [0.2, 0.25) is 0 Å². The molecule has 0 amide bonds. The summed E-state index contributed by atoms with van der Waals surface area (Å²) in [7, 11) is 1.64. The molecule has 0 aliphatic carbocycles. The lowest BCUT2D eigenvalue weighted by Crippen LogP contribution is -2.26. The van der Waals surface area contributed by atoms with E-state index in [1.165, 1.54) is 12.1 Å². The molecule has 1 N–H and O–H groups in total. The molecule has 3 nitrogen and oxygen atoms in total. The van der Waals surface area contributed by atoms with Crippen LogP contribution in [0.2, 0.25) is 0 Å². The Balaban J connectivity index is 2.21. The van der Waals surface area contributed by atoms with Crippen molar-refractivity contribution in [2.75, 3.05) is 20.3 Å². The number of ether oxygens (including phenoxy) is 1. The number of aryl methyl sites for hydroxylation is 1. The molecule has 2 rings (SSSR count). The summed E-state index contributed by atoms with van der Waals surface area (Å²) in [5.41, 5.74) is 1.91. The molecule has 1 aromatic carbocycles. The van der Waals surface area contributed by atoms with E-state index in [4.69, 9.17) is 4.74 Å². The topological polar surface area (TPSA) is 34.1 Å². The van der Waals surface area contributed by atoms with E-state index in [-0.39, 0.29) is 11.6 Å². The van der Waals surface area contributed by atoms with Gasteiger partial charge in [-0.05, 0) is 12.5 Å². The Morgan fingerprint density at radius 3 is 2.43 bits per heavy atom. The highest BCUT2D eigenvalue weighted by atomic mass is 32.1. The first-order valence-corrected chi connectivity index (χ1v) is 7.52.